The van der Waals surface area contributed by atoms with Gasteiger partial charge in [-0.3, -0.25) is 0 Å². The fourth-order valence-corrected chi connectivity index (χ4v) is 2.84. The molecule has 1 heterocycles. The van der Waals surface area contributed by atoms with Crippen molar-refractivity contribution >= 4 is 39.9 Å². The summed E-state index contributed by atoms with van der Waals surface area (Å²) < 4.78 is 0.837. The molecular formula is C15H26IN5. The van der Waals surface area contributed by atoms with Gasteiger partial charge in [-0.15, -0.1) is 0 Å². The molecule has 4 N–H and O–H groups in total. The van der Waals surface area contributed by atoms with Crippen molar-refractivity contribution in [3.63, 3.8) is 0 Å². The predicted molar refractivity (Wildman–Crippen MR) is 99.3 cm³/mol. The van der Waals surface area contributed by atoms with Crippen LogP contribution in [0, 0.1) is 3.70 Å². The molecule has 0 saturated carbocycles. The second-order valence-electron chi connectivity index (χ2n) is 6.19. The van der Waals surface area contributed by atoms with E-state index < -0.39 is 0 Å². The summed E-state index contributed by atoms with van der Waals surface area (Å²) in [6.45, 7) is 14.3. The molecule has 0 bridgehead atoms. The van der Waals surface area contributed by atoms with Crippen LogP contribution in [0.5, 0.6) is 0 Å². The van der Waals surface area contributed by atoms with Crippen LogP contribution in [0.4, 0.5) is 11.8 Å². The van der Waals surface area contributed by atoms with Gasteiger partial charge in [-0.25, -0.2) is 4.98 Å². The Balaban J connectivity index is 2.50. The number of halogens is 1. The van der Waals surface area contributed by atoms with Crippen molar-refractivity contribution in [3.8, 4) is 0 Å². The lowest BCUT2D eigenvalue weighted by atomic mass is 10.1. The molecule has 118 valence electrons. The van der Waals surface area contributed by atoms with Crippen molar-refractivity contribution in [3.05, 3.63) is 15.8 Å². The maximum Gasteiger partial charge on any atom is 0.223 e. The minimum Gasteiger partial charge on any atom is -0.369 e. The molecule has 0 spiro atoms. The fourth-order valence-electron chi connectivity index (χ4n) is 1.88. The average Bonchev–Trinajstić information content (AvgIpc) is 2.30. The van der Waals surface area contributed by atoms with Gasteiger partial charge in [0.05, 0.1) is 5.56 Å². The number of nitrogens with one attached hydrogen (secondary N) is 2. The largest absolute Gasteiger partial charge is 0.369 e. The van der Waals surface area contributed by atoms with Crippen molar-refractivity contribution in [1.82, 2.24) is 15.3 Å². The van der Waals surface area contributed by atoms with Crippen LogP contribution in [-0.2, 0) is 0 Å². The summed E-state index contributed by atoms with van der Waals surface area (Å²) in [6.07, 6.45) is 2.18. The van der Waals surface area contributed by atoms with Gasteiger partial charge >= 0.3 is 0 Å². The number of nitrogens with zero attached hydrogens (tertiary/aromatic N) is 2. The van der Waals surface area contributed by atoms with Crippen molar-refractivity contribution in [2.75, 3.05) is 24.1 Å². The Morgan fingerprint density at radius 2 is 1.86 bits per heavy atom. The summed E-state index contributed by atoms with van der Waals surface area (Å²) in [5, 5.41) is 6.83. The molecule has 1 aromatic rings. The van der Waals surface area contributed by atoms with Crippen molar-refractivity contribution in [2.45, 2.75) is 46.1 Å². The predicted octanol–water partition coefficient (Wildman–Crippen LogP) is 3.28. The number of hydrogen-bond acceptors (Lipinski definition) is 5. The zero-order valence-corrected chi connectivity index (χ0v) is 15.5. The molecule has 0 aliphatic heterocycles. The normalized spacial score (nSPS) is 11.5. The zero-order valence-electron chi connectivity index (χ0n) is 13.4. The lowest BCUT2D eigenvalue weighted by Crippen LogP contribution is -2.36. The molecule has 0 saturated heterocycles. The smallest absolute Gasteiger partial charge is 0.223 e. The van der Waals surface area contributed by atoms with Gasteiger partial charge in [0.15, 0.2) is 0 Å². The molecule has 1 aromatic heterocycles. The number of nitrogens with two attached hydrogens (primary N) is 1. The highest BCUT2D eigenvalue weighted by Gasteiger charge is 2.12. The molecule has 5 nitrogen and oxygen atoms in total. The van der Waals surface area contributed by atoms with Gasteiger partial charge in [-0.2, -0.15) is 4.98 Å². The Labute approximate surface area is 141 Å². The molecular weight excluding hydrogens is 377 g/mol. The van der Waals surface area contributed by atoms with E-state index in [0.717, 1.165) is 46.6 Å². The van der Waals surface area contributed by atoms with E-state index in [1.54, 1.807) is 0 Å². The van der Waals surface area contributed by atoms with Gasteiger partial charge in [0.1, 0.15) is 9.52 Å². The minimum atomic E-state index is 0.178. The maximum absolute atomic E-state index is 5.72. The van der Waals surface area contributed by atoms with Crippen LogP contribution < -0.4 is 16.4 Å². The summed E-state index contributed by atoms with van der Waals surface area (Å²) in [6, 6.07) is 0. The maximum atomic E-state index is 5.72. The molecule has 1 rings (SSSR count). The topological polar surface area (TPSA) is 75.9 Å². The third-order valence-corrected chi connectivity index (χ3v) is 3.64. The number of allylic oxidation sites excluding steroid dienone is 1. The average molecular weight is 403 g/mol. The highest BCUT2D eigenvalue weighted by Crippen LogP contribution is 2.25. The Morgan fingerprint density at radius 3 is 2.43 bits per heavy atom. The fraction of sp³-hybridized carbons (Fsp3) is 0.600. The van der Waals surface area contributed by atoms with Gasteiger partial charge < -0.3 is 16.4 Å². The molecule has 6 heteroatoms. The number of hydrogen-bond donors (Lipinski definition) is 3. The van der Waals surface area contributed by atoms with Crippen molar-refractivity contribution in [2.24, 2.45) is 0 Å². The van der Waals surface area contributed by atoms with Crippen LogP contribution >= 0.6 is 22.6 Å². The quantitative estimate of drug-likeness (QED) is 0.370. The van der Waals surface area contributed by atoms with Gasteiger partial charge in [0.2, 0.25) is 5.95 Å². The summed E-state index contributed by atoms with van der Waals surface area (Å²) in [5.41, 5.74) is 7.80. The first-order valence-electron chi connectivity index (χ1n) is 7.18. The molecule has 0 amide bonds. The number of anilines is 2. The first-order chi connectivity index (χ1) is 9.70. The van der Waals surface area contributed by atoms with Crippen molar-refractivity contribution in [1.29, 1.82) is 0 Å². The van der Waals surface area contributed by atoms with Gasteiger partial charge in [0.25, 0.3) is 0 Å². The Morgan fingerprint density at radius 1 is 1.24 bits per heavy atom. The van der Waals surface area contributed by atoms with E-state index in [1.165, 1.54) is 0 Å². The second kappa shape index (κ2) is 7.93. The second-order valence-corrected chi connectivity index (χ2v) is 7.21. The molecule has 0 aliphatic rings. The van der Waals surface area contributed by atoms with Crippen molar-refractivity contribution < 1.29 is 0 Å². The molecule has 21 heavy (non-hydrogen) atoms. The van der Waals surface area contributed by atoms with Crippen LogP contribution in [0.3, 0.4) is 0 Å². The SMILES string of the molecule is C=C(C)c1c(I)nc(N)nc1NCCCCNC(C)(C)C. The van der Waals surface area contributed by atoms with E-state index >= 15 is 0 Å². The third kappa shape index (κ3) is 6.60. The summed E-state index contributed by atoms with van der Waals surface area (Å²) in [4.78, 5) is 8.47. The molecule has 0 aliphatic carbocycles. The lowest BCUT2D eigenvalue weighted by Gasteiger charge is -2.20. The number of nitrogen functional groups attached to an aromatic ring is 1. The van der Waals surface area contributed by atoms with E-state index in [4.69, 9.17) is 5.73 Å². The van der Waals surface area contributed by atoms with Crippen LogP contribution in [-0.4, -0.2) is 28.6 Å². The minimum absolute atomic E-state index is 0.178. The van der Waals surface area contributed by atoms with E-state index in [2.05, 4.69) is 70.5 Å². The Kier molecular flexibility index (Phi) is 6.86. The van der Waals surface area contributed by atoms with Crippen LogP contribution in [0.15, 0.2) is 6.58 Å². The number of unbranched alkanes of at least 4 members (excludes halogenated alkanes) is 1. The zero-order chi connectivity index (χ0) is 16.0. The summed E-state index contributed by atoms with van der Waals surface area (Å²) in [5.74, 6) is 1.07. The highest BCUT2D eigenvalue weighted by atomic mass is 127. The standard InChI is InChI=1S/C15H26IN5/c1-10(2)11-12(16)20-14(17)21-13(11)18-8-6-7-9-19-15(3,4)5/h19H,1,6-9H2,2-5H3,(H3,17,18,20,21). The van der Waals surface area contributed by atoms with E-state index in [-0.39, 0.29) is 5.54 Å². The van der Waals surface area contributed by atoms with E-state index in [1.807, 2.05) is 6.92 Å². The third-order valence-electron chi connectivity index (χ3n) is 2.86. The number of rotatable bonds is 7. The van der Waals surface area contributed by atoms with E-state index in [0.29, 0.717) is 5.95 Å². The first-order valence-corrected chi connectivity index (χ1v) is 8.26. The molecule has 0 aromatic carbocycles. The molecule has 0 atom stereocenters. The first kappa shape index (κ1) is 18.2. The van der Waals surface area contributed by atoms with Gasteiger partial charge in [-0.05, 0) is 75.2 Å². The van der Waals surface area contributed by atoms with Gasteiger partial charge in [-0.1, -0.05) is 6.58 Å². The molecule has 0 unspecified atom stereocenters. The Bertz CT molecular complexity index is 494. The Hall–Kier alpha value is -0.890. The van der Waals surface area contributed by atoms with E-state index in [9.17, 15) is 0 Å². The lowest BCUT2D eigenvalue weighted by molar-refractivity contribution is 0.420. The van der Waals surface area contributed by atoms with Crippen LogP contribution in [0.2, 0.25) is 0 Å². The summed E-state index contributed by atoms with van der Waals surface area (Å²) >= 11 is 2.17. The van der Waals surface area contributed by atoms with Gasteiger partial charge in [0, 0.05) is 12.1 Å². The summed E-state index contributed by atoms with van der Waals surface area (Å²) in [7, 11) is 0. The molecule has 0 radical (unpaired) electrons. The van der Waals surface area contributed by atoms with Crippen LogP contribution in [0.25, 0.3) is 5.57 Å². The number of aromatic nitrogens is 2. The molecule has 0 fully saturated rings. The van der Waals surface area contributed by atoms with Crippen LogP contribution in [0.1, 0.15) is 46.1 Å². The monoisotopic (exact) mass is 403 g/mol. The highest BCUT2D eigenvalue weighted by molar-refractivity contribution is 14.1.